The van der Waals surface area contributed by atoms with Gasteiger partial charge < -0.3 is 4.90 Å². The van der Waals surface area contributed by atoms with E-state index in [1.807, 2.05) is 30.3 Å². The van der Waals surface area contributed by atoms with Crippen LogP contribution in [0, 0.1) is 11.3 Å². The van der Waals surface area contributed by atoms with E-state index in [9.17, 15) is 5.26 Å². The number of hydrogen-bond acceptors (Lipinski definition) is 2. The number of anilines is 1. The van der Waals surface area contributed by atoms with Crippen LogP contribution in [-0.4, -0.2) is 12.1 Å². The third-order valence-corrected chi connectivity index (χ3v) is 6.25. The van der Waals surface area contributed by atoms with E-state index in [1.165, 1.54) is 11.3 Å². The molecular formula is C23H24BrClN2. The molecule has 1 aliphatic rings. The van der Waals surface area contributed by atoms with Crippen LogP contribution in [0.2, 0.25) is 5.02 Å². The zero-order valence-corrected chi connectivity index (χ0v) is 18.5. The molecule has 0 aliphatic carbocycles. The molecule has 0 saturated carbocycles. The summed E-state index contributed by atoms with van der Waals surface area (Å²) >= 11 is 10.1. The Hall–Kier alpha value is -1.76. The molecule has 27 heavy (non-hydrogen) atoms. The molecule has 0 fully saturated rings. The van der Waals surface area contributed by atoms with Gasteiger partial charge in [0.05, 0.1) is 11.6 Å². The van der Waals surface area contributed by atoms with E-state index in [-0.39, 0.29) is 5.54 Å². The molecule has 0 spiro atoms. The molecule has 0 N–H and O–H groups in total. The predicted molar refractivity (Wildman–Crippen MR) is 119 cm³/mol. The minimum absolute atomic E-state index is 0.108. The van der Waals surface area contributed by atoms with Crippen LogP contribution in [0.4, 0.5) is 5.69 Å². The minimum atomic E-state index is 0.108. The van der Waals surface area contributed by atoms with Gasteiger partial charge in [-0.3, -0.25) is 0 Å². The van der Waals surface area contributed by atoms with Crippen LogP contribution >= 0.6 is 27.5 Å². The maximum atomic E-state index is 9.66. The Kier molecular flexibility index (Phi) is 5.70. The quantitative estimate of drug-likeness (QED) is 0.368. The van der Waals surface area contributed by atoms with Gasteiger partial charge in [-0.15, -0.1) is 0 Å². The van der Waals surface area contributed by atoms with Crippen molar-refractivity contribution in [1.29, 1.82) is 5.26 Å². The number of nitriles is 1. The van der Waals surface area contributed by atoms with Gasteiger partial charge in [-0.25, -0.2) is 0 Å². The lowest BCUT2D eigenvalue weighted by Gasteiger charge is -2.47. The van der Waals surface area contributed by atoms with Crippen LogP contribution in [0.25, 0.3) is 11.6 Å². The summed E-state index contributed by atoms with van der Waals surface area (Å²) in [6, 6.07) is 14.3. The lowest BCUT2D eigenvalue weighted by Crippen LogP contribution is -2.48. The molecule has 1 heterocycles. The molecule has 140 valence electrons. The second-order valence-corrected chi connectivity index (χ2v) is 9.09. The van der Waals surface area contributed by atoms with Gasteiger partial charge in [-0.2, -0.15) is 5.26 Å². The summed E-state index contributed by atoms with van der Waals surface area (Å²) in [6.07, 6.45) is 2.99. The third-order valence-electron chi connectivity index (χ3n) is 5.40. The Morgan fingerprint density at radius 1 is 1.33 bits per heavy atom. The fourth-order valence-corrected chi connectivity index (χ4v) is 4.67. The maximum Gasteiger partial charge on any atom is 0.0998 e. The monoisotopic (exact) mass is 442 g/mol. The molecule has 2 nitrogen and oxygen atoms in total. The summed E-state index contributed by atoms with van der Waals surface area (Å²) < 4.78 is 0.992. The number of hydrogen-bond donors (Lipinski definition) is 0. The van der Waals surface area contributed by atoms with Gasteiger partial charge in [0.15, 0.2) is 0 Å². The largest absolute Gasteiger partial charge is 0.366 e. The number of halogens is 2. The van der Waals surface area contributed by atoms with E-state index in [4.69, 9.17) is 11.6 Å². The van der Waals surface area contributed by atoms with Crippen molar-refractivity contribution >= 4 is 44.9 Å². The molecule has 1 atom stereocenters. The van der Waals surface area contributed by atoms with Gasteiger partial charge in [0.1, 0.15) is 0 Å². The molecule has 2 aromatic rings. The van der Waals surface area contributed by atoms with Crippen LogP contribution in [0.1, 0.15) is 56.7 Å². The molecule has 0 amide bonds. The lowest BCUT2D eigenvalue weighted by atomic mass is 9.79. The first kappa shape index (κ1) is 20.0. The van der Waals surface area contributed by atoms with Crippen molar-refractivity contribution in [3.8, 4) is 6.07 Å². The van der Waals surface area contributed by atoms with E-state index in [0.717, 1.165) is 28.6 Å². The normalized spacial score (nSPS) is 18.8. The van der Waals surface area contributed by atoms with Crippen LogP contribution in [-0.2, 0) is 0 Å². The van der Waals surface area contributed by atoms with Crippen LogP contribution < -0.4 is 4.90 Å². The topological polar surface area (TPSA) is 27.0 Å². The van der Waals surface area contributed by atoms with Crippen molar-refractivity contribution in [1.82, 2.24) is 0 Å². The van der Waals surface area contributed by atoms with Crippen molar-refractivity contribution in [2.45, 2.75) is 45.6 Å². The highest BCUT2D eigenvalue weighted by molar-refractivity contribution is 9.10. The number of benzene rings is 2. The summed E-state index contributed by atoms with van der Waals surface area (Å²) in [4.78, 5) is 2.43. The number of fused-ring (bicyclic) bond motifs is 1. The van der Waals surface area contributed by atoms with Crippen molar-refractivity contribution in [2.24, 2.45) is 0 Å². The van der Waals surface area contributed by atoms with Crippen molar-refractivity contribution in [3.05, 3.63) is 62.6 Å². The first-order valence-corrected chi connectivity index (χ1v) is 10.4. The average molecular weight is 444 g/mol. The Morgan fingerprint density at radius 3 is 2.59 bits per heavy atom. The number of nitrogens with zero attached hydrogens (tertiary/aromatic N) is 2. The Bertz CT molecular complexity index is 923. The van der Waals surface area contributed by atoms with Gasteiger partial charge >= 0.3 is 0 Å². The zero-order valence-electron chi connectivity index (χ0n) is 16.2. The molecule has 0 aromatic heterocycles. The fourth-order valence-electron chi connectivity index (χ4n) is 4.20. The van der Waals surface area contributed by atoms with E-state index in [1.54, 1.807) is 0 Å². The molecule has 0 radical (unpaired) electrons. The Morgan fingerprint density at radius 2 is 2.00 bits per heavy atom. The van der Waals surface area contributed by atoms with E-state index in [2.05, 4.69) is 66.7 Å². The number of allylic oxidation sites excluding steroid dienone is 1. The maximum absolute atomic E-state index is 9.66. The molecule has 3 rings (SSSR count). The lowest BCUT2D eigenvalue weighted by molar-refractivity contribution is 0.381. The van der Waals surface area contributed by atoms with E-state index >= 15 is 0 Å². The minimum Gasteiger partial charge on any atom is -0.366 e. The zero-order chi connectivity index (χ0) is 19.8. The second kappa shape index (κ2) is 7.70. The molecular weight excluding hydrogens is 420 g/mol. The van der Waals surface area contributed by atoms with Gasteiger partial charge in [0.25, 0.3) is 0 Å². The Labute approximate surface area is 175 Å². The van der Waals surface area contributed by atoms with Crippen molar-refractivity contribution in [3.63, 3.8) is 0 Å². The fraction of sp³-hybridized carbons (Fsp3) is 0.348. The van der Waals surface area contributed by atoms with Gasteiger partial charge in [-0.05, 0) is 80.1 Å². The highest BCUT2D eigenvalue weighted by atomic mass is 79.9. The second-order valence-electron chi connectivity index (χ2n) is 7.77. The summed E-state index contributed by atoms with van der Waals surface area (Å²) in [5.41, 5.74) is 5.03. The standard InChI is InChI=1S/C23H24BrClN2/c1-5-27-22-12-21(25)17(11-20(22)15(2)13-23(27,3)4)10-18(14-26)16-6-8-19(24)9-7-16/h6-12,15H,5,13H2,1-4H3/b18-10+. The van der Waals surface area contributed by atoms with Crippen molar-refractivity contribution in [2.75, 3.05) is 11.4 Å². The summed E-state index contributed by atoms with van der Waals surface area (Å²) in [5.74, 6) is 0.445. The summed E-state index contributed by atoms with van der Waals surface area (Å²) in [6.45, 7) is 9.98. The third kappa shape index (κ3) is 3.93. The first-order valence-electron chi connectivity index (χ1n) is 9.25. The first-order chi connectivity index (χ1) is 12.8. The molecule has 2 aromatic carbocycles. The van der Waals surface area contributed by atoms with Gasteiger partial charge in [0.2, 0.25) is 0 Å². The van der Waals surface area contributed by atoms with Gasteiger partial charge in [0, 0.05) is 27.3 Å². The van der Waals surface area contributed by atoms with Crippen molar-refractivity contribution < 1.29 is 0 Å². The Balaban J connectivity index is 2.10. The molecule has 1 unspecified atom stereocenters. The highest BCUT2D eigenvalue weighted by Crippen LogP contribution is 2.45. The van der Waals surface area contributed by atoms with E-state index < -0.39 is 0 Å². The predicted octanol–water partition coefficient (Wildman–Crippen LogP) is 7.28. The SMILES string of the molecule is CCN1c2cc(Cl)c(/C=C(\C#N)c3ccc(Br)cc3)cc2C(C)CC1(C)C. The summed E-state index contributed by atoms with van der Waals surface area (Å²) in [5, 5.41) is 10.3. The van der Waals surface area contributed by atoms with Gasteiger partial charge in [-0.1, -0.05) is 46.6 Å². The molecule has 0 saturated heterocycles. The molecule has 1 aliphatic heterocycles. The number of rotatable bonds is 3. The highest BCUT2D eigenvalue weighted by Gasteiger charge is 2.35. The molecule has 4 heteroatoms. The van der Waals surface area contributed by atoms with E-state index in [0.29, 0.717) is 16.5 Å². The van der Waals surface area contributed by atoms with Crippen LogP contribution in [0.15, 0.2) is 40.9 Å². The summed E-state index contributed by atoms with van der Waals surface area (Å²) in [7, 11) is 0. The average Bonchev–Trinajstić information content (AvgIpc) is 2.61. The van der Waals surface area contributed by atoms with Crippen LogP contribution in [0.3, 0.4) is 0 Å². The van der Waals surface area contributed by atoms with Crippen LogP contribution in [0.5, 0.6) is 0 Å². The smallest absolute Gasteiger partial charge is 0.0998 e. The molecule has 0 bridgehead atoms.